The van der Waals surface area contributed by atoms with Crippen LogP contribution < -0.4 is 5.48 Å². The Morgan fingerprint density at radius 3 is 2.60 bits per heavy atom. The van der Waals surface area contributed by atoms with E-state index >= 15 is 0 Å². The molecule has 25 heavy (non-hydrogen) atoms. The van der Waals surface area contributed by atoms with Gasteiger partial charge in [0.2, 0.25) is 0 Å². The lowest BCUT2D eigenvalue weighted by Gasteiger charge is -2.28. The van der Waals surface area contributed by atoms with Crippen LogP contribution in [0.15, 0.2) is 30.3 Å². The van der Waals surface area contributed by atoms with Crippen molar-refractivity contribution in [3.8, 4) is 0 Å². The van der Waals surface area contributed by atoms with Crippen LogP contribution in [0.4, 0.5) is 0 Å². The van der Waals surface area contributed by atoms with E-state index in [1.54, 1.807) is 11.6 Å². The number of carbonyl (C=O) groups excluding carboxylic acids is 1. The molecule has 1 atom stereocenters. The average molecular weight is 342 g/mol. The number of rotatable bonds is 6. The highest BCUT2D eigenvalue weighted by atomic mass is 16.5. The van der Waals surface area contributed by atoms with Gasteiger partial charge in [0.1, 0.15) is 0 Å². The maximum Gasteiger partial charge on any atom is 0.267 e. The Balaban J connectivity index is 1.56. The van der Waals surface area contributed by atoms with Gasteiger partial charge in [0.05, 0.1) is 0 Å². The van der Waals surface area contributed by atoms with Crippen molar-refractivity contribution in [1.29, 1.82) is 0 Å². The van der Waals surface area contributed by atoms with Gasteiger partial charge in [-0.25, -0.2) is 5.48 Å². The van der Waals surface area contributed by atoms with Crippen molar-refractivity contribution in [2.75, 3.05) is 13.1 Å². The Morgan fingerprint density at radius 1 is 1.12 bits per heavy atom. The molecular formula is C21H30N2O2. The van der Waals surface area contributed by atoms with E-state index < -0.39 is 5.91 Å². The second-order valence-electron chi connectivity index (χ2n) is 7.46. The summed E-state index contributed by atoms with van der Waals surface area (Å²) in [5.74, 6) is 0.439. The van der Waals surface area contributed by atoms with Gasteiger partial charge in [-0.3, -0.25) is 14.9 Å². The van der Waals surface area contributed by atoms with Gasteiger partial charge in [-0.2, -0.15) is 0 Å². The molecule has 2 fully saturated rings. The van der Waals surface area contributed by atoms with Crippen molar-refractivity contribution in [2.24, 2.45) is 5.92 Å². The molecule has 136 valence electrons. The molecule has 1 saturated heterocycles. The largest absolute Gasteiger partial charge is 0.296 e. The van der Waals surface area contributed by atoms with Crippen molar-refractivity contribution < 1.29 is 10.0 Å². The maximum atomic E-state index is 11.1. The summed E-state index contributed by atoms with van der Waals surface area (Å²) in [4.78, 5) is 13.7. The predicted molar refractivity (Wildman–Crippen MR) is 100 cm³/mol. The molecule has 1 aliphatic carbocycles. The molecule has 0 radical (unpaired) electrons. The third kappa shape index (κ3) is 5.16. The Morgan fingerprint density at radius 2 is 1.88 bits per heavy atom. The third-order valence-electron chi connectivity index (χ3n) is 5.77. The molecule has 1 aromatic carbocycles. The lowest BCUT2D eigenvalue weighted by molar-refractivity contribution is -0.124. The Hall–Kier alpha value is -1.65. The first-order chi connectivity index (χ1) is 12.3. The summed E-state index contributed by atoms with van der Waals surface area (Å²) in [6.45, 7) is 2.45. The monoisotopic (exact) mass is 342 g/mol. The first kappa shape index (κ1) is 18.2. The molecule has 0 bridgehead atoms. The molecule has 0 spiro atoms. The minimum atomic E-state index is -0.506. The van der Waals surface area contributed by atoms with E-state index in [2.05, 4.69) is 17.0 Å². The molecule has 2 aliphatic rings. The fourth-order valence-corrected chi connectivity index (χ4v) is 4.33. The standard InChI is InChI=1S/C21H30N2O2/c24-21(22-25)13-10-18-8-11-19(12-9-18)20-7-4-15-23(20)16-14-17-5-2-1-3-6-17/h8-13,17,20,25H,1-7,14-16H2,(H,22,24)/t20-/m0/s1. The Bertz CT molecular complexity index is 576. The summed E-state index contributed by atoms with van der Waals surface area (Å²) in [5, 5.41) is 8.52. The Kier molecular flexibility index (Phi) is 6.65. The molecule has 1 heterocycles. The lowest BCUT2D eigenvalue weighted by atomic mass is 9.87. The number of nitrogens with zero attached hydrogens (tertiary/aromatic N) is 1. The van der Waals surface area contributed by atoms with Gasteiger partial charge in [-0.1, -0.05) is 56.4 Å². The fraction of sp³-hybridized carbons (Fsp3) is 0.571. The normalized spacial score (nSPS) is 22.5. The van der Waals surface area contributed by atoms with Gasteiger partial charge in [0.15, 0.2) is 0 Å². The van der Waals surface area contributed by atoms with Gasteiger partial charge < -0.3 is 0 Å². The highest BCUT2D eigenvalue weighted by Crippen LogP contribution is 2.34. The van der Waals surface area contributed by atoms with Crippen LogP contribution in [0.5, 0.6) is 0 Å². The number of benzene rings is 1. The Labute approximate surface area is 150 Å². The van der Waals surface area contributed by atoms with Crippen molar-refractivity contribution in [1.82, 2.24) is 10.4 Å². The van der Waals surface area contributed by atoms with Crippen LogP contribution in [0.2, 0.25) is 0 Å². The van der Waals surface area contributed by atoms with Crippen LogP contribution in [0.3, 0.4) is 0 Å². The van der Waals surface area contributed by atoms with Gasteiger partial charge in [-0.15, -0.1) is 0 Å². The molecule has 1 saturated carbocycles. The molecule has 1 amide bonds. The van der Waals surface area contributed by atoms with E-state index in [0.29, 0.717) is 6.04 Å². The summed E-state index contributed by atoms with van der Waals surface area (Å²) in [5.41, 5.74) is 3.96. The van der Waals surface area contributed by atoms with Crippen LogP contribution in [0.1, 0.15) is 68.5 Å². The summed E-state index contributed by atoms with van der Waals surface area (Å²) < 4.78 is 0. The molecule has 4 nitrogen and oxygen atoms in total. The zero-order valence-electron chi connectivity index (χ0n) is 15.0. The number of hydroxylamine groups is 1. The van der Waals surface area contributed by atoms with Gasteiger partial charge >= 0.3 is 0 Å². The zero-order chi connectivity index (χ0) is 17.5. The first-order valence-corrected chi connectivity index (χ1v) is 9.72. The summed E-state index contributed by atoms with van der Waals surface area (Å²) in [6, 6.07) is 9.00. The van der Waals surface area contributed by atoms with Crippen LogP contribution in [-0.4, -0.2) is 29.1 Å². The number of hydrogen-bond acceptors (Lipinski definition) is 3. The highest BCUT2D eigenvalue weighted by molar-refractivity contribution is 5.90. The van der Waals surface area contributed by atoms with Crippen LogP contribution in [-0.2, 0) is 4.79 Å². The summed E-state index contributed by atoms with van der Waals surface area (Å²) in [6.07, 6.45) is 14.1. The topological polar surface area (TPSA) is 52.6 Å². The van der Waals surface area contributed by atoms with Crippen molar-refractivity contribution in [3.63, 3.8) is 0 Å². The molecule has 0 unspecified atom stereocenters. The number of carbonyl (C=O) groups is 1. The quantitative estimate of drug-likeness (QED) is 0.460. The molecular weight excluding hydrogens is 312 g/mol. The summed E-state index contributed by atoms with van der Waals surface area (Å²) in [7, 11) is 0. The predicted octanol–water partition coefficient (Wildman–Crippen LogP) is 4.31. The van der Waals surface area contributed by atoms with Crippen LogP contribution >= 0.6 is 0 Å². The molecule has 0 aromatic heterocycles. The number of hydrogen-bond donors (Lipinski definition) is 2. The molecule has 1 aromatic rings. The van der Waals surface area contributed by atoms with E-state index in [9.17, 15) is 4.79 Å². The number of likely N-dealkylation sites (tertiary alicyclic amines) is 1. The molecule has 4 heteroatoms. The van der Waals surface area contributed by atoms with E-state index in [0.717, 1.165) is 11.5 Å². The summed E-state index contributed by atoms with van der Waals surface area (Å²) >= 11 is 0. The smallest absolute Gasteiger partial charge is 0.267 e. The van der Waals surface area contributed by atoms with E-state index in [4.69, 9.17) is 5.21 Å². The minimum absolute atomic E-state index is 0.506. The van der Waals surface area contributed by atoms with Gasteiger partial charge in [0.25, 0.3) is 5.91 Å². The van der Waals surface area contributed by atoms with Gasteiger partial charge in [-0.05, 0) is 55.5 Å². The maximum absolute atomic E-state index is 11.1. The molecule has 3 rings (SSSR count). The molecule has 2 N–H and O–H groups in total. The van der Waals surface area contributed by atoms with Gasteiger partial charge in [0, 0.05) is 12.1 Å². The van der Waals surface area contributed by atoms with Crippen LogP contribution in [0, 0.1) is 5.92 Å². The SMILES string of the molecule is O=C(C=Cc1ccc([C@@H]2CCCN2CCC2CCCCC2)cc1)NO. The zero-order valence-corrected chi connectivity index (χ0v) is 15.0. The van der Waals surface area contributed by atoms with E-state index in [-0.39, 0.29) is 0 Å². The highest BCUT2D eigenvalue weighted by Gasteiger charge is 2.26. The van der Waals surface area contributed by atoms with Crippen molar-refractivity contribution in [3.05, 3.63) is 41.5 Å². The first-order valence-electron chi connectivity index (χ1n) is 9.72. The fourth-order valence-electron chi connectivity index (χ4n) is 4.33. The second kappa shape index (κ2) is 9.16. The number of amides is 1. The van der Waals surface area contributed by atoms with E-state index in [1.165, 1.54) is 76.1 Å². The van der Waals surface area contributed by atoms with Crippen molar-refractivity contribution >= 4 is 12.0 Å². The second-order valence-corrected chi connectivity index (χ2v) is 7.46. The van der Waals surface area contributed by atoms with E-state index in [1.807, 2.05) is 12.1 Å². The molecule has 1 aliphatic heterocycles. The third-order valence-corrected chi connectivity index (χ3v) is 5.77. The van der Waals surface area contributed by atoms with Crippen LogP contribution in [0.25, 0.3) is 6.08 Å². The number of nitrogens with one attached hydrogen (secondary N) is 1. The average Bonchev–Trinajstić information content (AvgIpc) is 3.14. The van der Waals surface area contributed by atoms with Crippen molar-refractivity contribution in [2.45, 2.75) is 57.4 Å². The lowest BCUT2D eigenvalue weighted by Crippen LogP contribution is -2.26. The minimum Gasteiger partial charge on any atom is -0.296 e.